The molecule has 0 aliphatic carbocycles. The Kier molecular flexibility index (Phi) is 5.21. The fourth-order valence-corrected chi connectivity index (χ4v) is 2.69. The first-order valence-electron chi connectivity index (χ1n) is 7.23. The lowest BCUT2D eigenvalue weighted by Crippen LogP contribution is -2.29. The van der Waals surface area contributed by atoms with E-state index in [2.05, 4.69) is 42.7 Å². The summed E-state index contributed by atoms with van der Waals surface area (Å²) in [5.41, 5.74) is 4.20. The summed E-state index contributed by atoms with van der Waals surface area (Å²) in [5.74, 6) is 0.928. The number of piperidine rings is 1. The predicted molar refractivity (Wildman–Crippen MR) is 77.8 cm³/mol. The Morgan fingerprint density at radius 1 is 1.22 bits per heavy atom. The summed E-state index contributed by atoms with van der Waals surface area (Å²) < 4.78 is 0. The van der Waals surface area contributed by atoms with E-state index < -0.39 is 0 Å². The molecule has 2 nitrogen and oxygen atoms in total. The largest absolute Gasteiger partial charge is 0.317 e. The van der Waals surface area contributed by atoms with Crippen molar-refractivity contribution in [2.45, 2.75) is 39.7 Å². The number of benzene rings is 1. The van der Waals surface area contributed by atoms with Gasteiger partial charge in [-0.05, 0) is 69.8 Å². The average molecular weight is 246 g/mol. The van der Waals surface area contributed by atoms with Gasteiger partial charge in [-0.25, -0.2) is 0 Å². The molecule has 2 rings (SSSR count). The molecule has 0 bridgehead atoms. The second kappa shape index (κ2) is 6.91. The van der Waals surface area contributed by atoms with Crippen LogP contribution in [-0.2, 0) is 6.54 Å². The number of nitrogens with one attached hydrogen (secondary N) is 2. The van der Waals surface area contributed by atoms with E-state index in [1.807, 2.05) is 0 Å². The van der Waals surface area contributed by atoms with Gasteiger partial charge in [-0.2, -0.15) is 0 Å². The van der Waals surface area contributed by atoms with Gasteiger partial charge in [0.15, 0.2) is 0 Å². The second-order valence-corrected chi connectivity index (χ2v) is 5.59. The van der Waals surface area contributed by atoms with E-state index in [9.17, 15) is 0 Å². The van der Waals surface area contributed by atoms with Gasteiger partial charge >= 0.3 is 0 Å². The maximum Gasteiger partial charge on any atom is 0.0208 e. The van der Waals surface area contributed by atoms with E-state index in [1.165, 1.54) is 49.0 Å². The lowest BCUT2D eigenvalue weighted by molar-refractivity contribution is 0.348. The summed E-state index contributed by atoms with van der Waals surface area (Å²) in [7, 11) is 0. The summed E-state index contributed by atoms with van der Waals surface area (Å²) in [6.07, 6.45) is 4.03. The molecule has 1 aromatic carbocycles. The zero-order valence-electron chi connectivity index (χ0n) is 11.8. The van der Waals surface area contributed by atoms with Crippen molar-refractivity contribution in [3.05, 3.63) is 34.9 Å². The van der Waals surface area contributed by atoms with E-state index in [4.69, 9.17) is 0 Å². The van der Waals surface area contributed by atoms with E-state index in [0.29, 0.717) is 0 Å². The number of aryl methyl sites for hydroxylation is 2. The van der Waals surface area contributed by atoms with Crippen molar-refractivity contribution in [1.82, 2.24) is 10.6 Å². The zero-order valence-corrected chi connectivity index (χ0v) is 11.8. The summed E-state index contributed by atoms with van der Waals surface area (Å²) in [5, 5.41) is 7.02. The average Bonchev–Trinajstić information content (AvgIpc) is 2.40. The Labute approximate surface area is 111 Å². The lowest BCUT2D eigenvalue weighted by Gasteiger charge is -2.22. The molecule has 1 saturated heterocycles. The Balaban J connectivity index is 1.69. The third kappa shape index (κ3) is 4.11. The molecular weight excluding hydrogens is 220 g/mol. The summed E-state index contributed by atoms with van der Waals surface area (Å²) in [4.78, 5) is 0. The number of hydrogen-bond acceptors (Lipinski definition) is 2. The molecule has 0 spiro atoms. The van der Waals surface area contributed by atoms with Gasteiger partial charge in [-0.3, -0.25) is 0 Å². The van der Waals surface area contributed by atoms with E-state index in [1.54, 1.807) is 0 Å². The third-order valence-corrected chi connectivity index (χ3v) is 4.01. The van der Waals surface area contributed by atoms with Crippen LogP contribution in [0.2, 0.25) is 0 Å². The van der Waals surface area contributed by atoms with Crippen LogP contribution in [0.3, 0.4) is 0 Å². The molecule has 1 aliphatic rings. The van der Waals surface area contributed by atoms with E-state index in [-0.39, 0.29) is 0 Å². The minimum Gasteiger partial charge on any atom is -0.317 e. The van der Waals surface area contributed by atoms with Gasteiger partial charge in [0.1, 0.15) is 0 Å². The summed E-state index contributed by atoms with van der Waals surface area (Å²) in [6.45, 7) is 8.95. The van der Waals surface area contributed by atoms with Crippen molar-refractivity contribution in [3.8, 4) is 0 Å². The highest BCUT2D eigenvalue weighted by Crippen LogP contribution is 2.15. The van der Waals surface area contributed by atoms with Crippen molar-refractivity contribution in [2.24, 2.45) is 5.92 Å². The Bertz CT molecular complexity index is 367. The minimum atomic E-state index is 0.928. The minimum absolute atomic E-state index is 0.928. The normalized spacial score (nSPS) is 17.0. The molecular formula is C16H26N2. The molecule has 1 aromatic rings. The molecule has 1 fully saturated rings. The van der Waals surface area contributed by atoms with Crippen molar-refractivity contribution < 1.29 is 0 Å². The maximum atomic E-state index is 3.60. The number of hydrogen-bond donors (Lipinski definition) is 2. The first kappa shape index (κ1) is 13.6. The summed E-state index contributed by atoms with van der Waals surface area (Å²) in [6, 6.07) is 6.71. The van der Waals surface area contributed by atoms with Gasteiger partial charge in [-0.15, -0.1) is 0 Å². The van der Waals surface area contributed by atoms with Crippen LogP contribution in [-0.4, -0.2) is 19.6 Å². The van der Waals surface area contributed by atoms with E-state index >= 15 is 0 Å². The molecule has 0 saturated carbocycles. The molecule has 100 valence electrons. The third-order valence-electron chi connectivity index (χ3n) is 4.01. The van der Waals surface area contributed by atoms with Crippen LogP contribution < -0.4 is 10.6 Å². The van der Waals surface area contributed by atoms with Gasteiger partial charge in [0.25, 0.3) is 0 Å². The monoisotopic (exact) mass is 246 g/mol. The lowest BCUT2D eigenvalue weighted by atomic mass is 9.95. The standard InChI is InChI=1S/C16H26N2/c1-13-3-4-14(2)16(11-13)12-18-10-7-15-5-8-17-9-6-15/h3-4,11,15,17-18H,5-10,12H2,1-2H3. The van der Waals surface area contributed by atoms with E-state index in [0.717, 1.165) is 19.0 Å². The van der Waals surface area contributed by atoms with Gasteiger partial charge < -0.3 is 10.6 Å². The molecule has 1 aliphatic heterocycles. The first-order chi connectivity index (χ1) is 8.75. The van der Waals surface area contributed by atoms with Crippen LogP contribution >= 0.6 is 0 Å². The molecule has 1 heterocycles. The Morgan fingerprint density at radius 2 is 2.00 bits per heavy atom. The Morgan fingerprint density at radius 3 is 2.78 bits per heavy atom. The van der Waals surface area contributed by atoms with Crippen molar-refractivity contribution >= 4 is 0 Å². The zero-order chi connectivity index (χ0) is 12.8. The van der Waals surface area contributed by atoms with Gasteiger partial charge in [0.05, 0.1) is 0 Å². The fraction of sp³-hybridized carbons (Fsp3) is 0.625. The quantitative estimate of drug-likeness (QED) is 0.781. The maximum absolute atomic E-state index is 3.60. The van der Waals surface area contributed by atoms with Crippen molar-refractivity contribution in [3.63, 3.8) is 0 Å². The summed E-state index contributed by atoms with van der Waals surface area (Å²) >= 11 is 0. The first-order valence-corrected chi connectivity index (χ1v) is 7.23. The van der Waals surface area contributed by atoms with Gasteiger partial charge in [0, 0.05) is 6.54 Å². The molecule has 0 atom stereocenters. The van der Waals surface area contributed by atoms with Crippen LogP contribution in [0, 0.1) is 19.8 Å². The molecule has 0 radical (unpaired) electrons. The molecule has 18 heavy (non-hydrogen) atoms. The SMILES string of the molecule is Cc1ccc(C)c(CNCCC2CCNCC2)c1. The molecule has 0 unspecified atom stereocenters. The topological polar surface area (TPSA) is 24.1 Å². The molecule has 2 heteroatoms. The highest BCUT2D eigenvalue weighted by atomic mass is 14.9. The van der Waals surface area contributed by atoms with Crippen molar-refractivity contribution in [1.29, 1.82) is 0 Å². The van der Waals surface area contributed by atoms with Crippen LogP contribution in [0.4, 0.5) is 0 Å². The molecule has 0 amide bonds. The van der Waals surface area contributed by atoms with Crippen LogP contribution in [0.1, 0.15) is 36.0 Å². The highest BCUT2D eigenvalue weighted by Gasteiger charge is 2.11. The Hall–Kier alpha value is -0.860. The molecule has 2 N–H and O–H groups in total. The van der Waals surface area contributed by atoms with Crippen LogP contribution in [0.25, 0.3) is 0 Å². The predicted octanol–water partition coefficient (Wildman–Crippen LogP) is 2.78. The highest BCUT2D eigenvalue weighted by molar-refractivity contribution is 5.30. The van der Waals surface area contributed by atoms with Crippen molar-refractivity contribution in [2.75, 3.05) is 19.6 Å². The fourth-order valence-electron chi connectivity index (χ4n) is 2.69. The molecule has 0 aromatic heterocycles. The van der Waals surface area contributed by atoms with Crippen LogP contribution in [0.5, 0.6) is 0 Å². The smallest absolute Gasteiger partial charge is 0.0208 e. The van der Waals surface area contributed by atoms with Gasteiger partial charge in [-0.1, -0.05) is 23.8 Å². The van der Waals surface area contributed by atoms with Gasteiger partial charge in [0.2, 0.25) is 0 Å². The number of rotatable bonds is 5. The van der Waals surface area contributed by atoms with Crippen LogP contribution in [0.15, 0.2) is 18.2 Å². The second-order valence-electron chi connectivity index (χ2n) is 5.59.